The van der Waals surface area contributed by atoms with E-state index in [1.165, 1.54) is 43.1 Å². The summed E-state index contributed by atoms with van der Waals surface area (Å²) in [5, 5.41) is 0. The number of hydrogen-bond acceptors (Lipinski definition) is 0. The fourth-order valence-electron chi connectivity index (χ4n) is 3.36. The van der Waals surface area contributed by atoms with Crippen molar-refractivity contribution in [2.45, 2.75) is 64.5 Å². The van der Waals surface area contributed by atoms with Gasteiger partial charge in [0.25, 0.3) is 0 Å². The number of halogens is 1. The standard InChI is InChI=1S/C14H26N.HI/c1-5-10-14-11-8-9-12-15(14,4)13(6-2)7-3;/h1,13-14H,6-12H2,2-4H3;1H/q+1;/p-1. The van der Waals surface area contributed by atoms with Crippen LogP contribution >= 0.6 is 0 Å². The topological polar surface area (TPSA) is 0 Å². The quantitative estimate of drug-likeness (QED) is 0.391. The fraction of sp³-hybridized carbons (Fsp3) is 0.857. The van der Waals surface area contributed by atoms with Gasteiger partial charge in [-0.1, -0.05) is 13.8 Å². The Bertz CT molecular complexity index is 229. The Hall–Kier alpha value is 0.250. The van der Waals surface area contributed by atoms with Crippen molar-refractivity contribution in [1.82, 2.24) is 0 Å². The molecule has 2 atom stereocenters. The highest BCUT2D eigenvalue weighted by Crippen LogP contribution is 2.31. The lowest BCUT2D eigenvalue weighted by molar-refractivity contribution is -0.960. The van der Waals surface area contributed by atoms with Gasteiger partial charge in [-0.05, 0) is 25.7 Å². The maximum atomic E-state index is 5.50. The summed E-state index contributed by atoms with van der Waals surface area (Å²) in [6.07, 6.45) is 13.1. The predicted molar refractivity (Wildman–Crippen MR) is 66.5 cm³/mol. The molecule has 0 aromatic heterocycles. The Morgan fingerprint density at radius 2 is 1.94 bits per heavy atom. The molecule has 2 heteroatoms. The van der Waals surface area contributed by atoms with Gasteiger partial charge in [-0.15, -0.1) is 12.3 Å². The summed E-state index contributed by atoms with van der Waals surface area (Å²) in [4.78, 5) is 0. The number of hydrogen-bond donors (Lipinski definition) is 0. The van der Waals surface area contributed by atoms with Crippen molar-refractivity contribution in [2.75, 3.05) is 13.6 Å². The van der Waals surface area contributed by atoms with E-state index < -0.39 is 0 Å². The van der Waals surface area contributed by atoms with E-state index in [-0.39, 0.29) is 24.0 Å². The van der Waals surface area contributed by atoms with E-state index in [1.54, 1.807) is 0 Å². The third-order valence-corrected chi connectivity index (χ3v) is 4.39. The summed E-state index contributed by atoms with van der Waals surface area (Å²) < 4.78 is 1.23. The molecule has 0 N–H and O–H groups in total. The maximum Gasteiger partial charge on any atom is 0.100 e. The molecule has 1 heterocycles. The first-order valence-electron chi connectivity index (χ1n) is 6.47. The smallest absolute Gasteiger partial charge is 0.100 e. The van der Waals surface area contributed by atoms with Crippen molar-refractivity contribution in [1.29, 1.82) is 0 Å². The Balaban J connectivity index is 0.00000225. The molecule has 0 amide bonds. The third kappa shape index (κ3) is 3.37. The lowest BCUT2D eigenvalue weighted by Gasteiger charge is -2.49. The van der Waals surface area contributed by atoms with Gasteiger partial charge in [-0.2, -0.15) is 0 Å². The van der Waals surface area contributed by atoms with Crippen molar-refractivity contribution in [3.8, 4) is 12.3 Å². The van der Waals surface area contributed by atoms with E-state index in [0.29, 0.717) is 6.04 Å². The number of nitrogens with zero attached hydrogens (tertiary/aromatic N) is 1. The molecule has 16 heavy (non-hydrogen) atoms. The van der Waals surface area contributed by atoms with Crippen molar-refractivity contribution in [3.05, 3.63) is 0 Å². The van der Waals surface area contributed by atoms with Gasteiger partial charge >= 0.3 is 0 Å². The van der Waals surface area contributed by atoms with Crippen molar-refractivity contribution >= 4 is 0 Å². The minimum Gasteiger partial charge on any atom is -1.00 e. The average Bonchev–Trinajstić information content (AvgIpc) is 2.23. The summed E-state index contributed by atoms with van der Waals surface area (Å²) in [5.74, 6) is 2.88. The summed E-state index contributed by atoms with van der Waals surface area (Å²) in [7, 11) is 2.43. The Kier molecular flexibility index (Phi) is 7.67. The molecular formula is C14H26IN. The molecule has 1 aliphatic heterocycles. The molecule has 0 aromatic rings. The molecule has 0 aromatic carbocycles. The van der Waals surface area contributed by atoms with Crippen LogP contribution in [0.15, 0.2) is 0 Å². The van der Waals surface area contributed by atoms with Crippen LogP contribution in [0.5, 0.6) is 0 Å². The number of piperidine rings is 1. The van der Waals surface area contributed by atoms with Gasteiger partial charge in [0.2, 0.25) is 0 Å². The van der Waals surface area contributed by atoms with Crippen LogP contribution < -0.4 is 24.0 Å². The zero-order chi connectivity index (χ0) is 11.3. The Morgan fingerprint density at radius 1 is 1.31 bits per heavy atom. The number of terminal acetylenes is 1. The van der Waals surface area contributed by atoms with Gasteiger partial charge in [-0.25, -0.2) is 0 Å². The predicted octanol–water partition coefficient (Wildman–Crippen LogP) is 0.201. The second-order valence-electron chi connectivity index (χ2n) is 5.10. The van der Waals surface area contributed by atoms with Crippen LogP contribution in [0.2, 0.25) is 0 Å². The van der Waals surface area contributed by atoms with Gasteiger partial charge in [-0.3, -0.25) is 0 Å². The van der Waals surface area contributed by atoms with Gasteiger partial charge in [0, 0.05) is 6.42 Å². The molecule has 0 spiro atoms. The second-order valence-corrected chi connectivity index (χ2v) is 5.10. The van der Waals surface area contributed by atoms with Crippen LogP contribution in [0.3, 0.4) is 0 Å². The highest BCUT2D eigenvalue weighted by Gasteiger charge is 2.39. The first-order chi connectivity index (χ1) is 7.19. The molecule has 1 saturated heterocycles. The van der Waals surface area contributed by atoms with Gasteiger partial charge in [0.05, 0.1) is 26.1 Å². The lowest BCUT2D eigenvalue weighted by atomic mass is 9.92. The maximum absolute atomic E-state index is 5.50. The summed E-state index contributed by atoms with van der Waals surface area (Å²) in [5.41, 5.74) is 0. The van der Waals surface area contributed by atoms with Crippen molar-refractivity contribution in [3.63, 3.8) is 0 Å². The summed E-state index contributed by atoms with van der Waals surface area (Å²) in [6.45, 7) is 5.97. The molecule has 94 valence electrons. The number of quaternary nitrogens is 1. The normalized spacial score (nSPS) is 29.6. The zero-order valence-corrected chi connectivity index (χ0v) is 13.2. The molecule has 0 radical (unpaired) electrons. The van der Waals surface area contributed by atoms with Crippen LogP contribution in [-0.4, -0.2) is 30.2 Å². The number of likely N-dealkylation sites (tertiary alicyclic amines) is 1. The third-order valence-electron chi connectivity index (χ3n) is 4.39. The minimum absolute atomic E-state index is 0. The molecule has 0 aliphatic carbocycles. The molecule has 1 fully saturated rings. The largest absolute Gasteiger partial charge is 1.00 e. The van der Waals surface area contributed by atoms with E-state index in [0.717, 1.165) is 12.5 Å². The van der Waals surface area contributed by atoms with E-state index in [9.17, 15) is 0 Å². The van der Waals surface area contributed by atoms with Crippen LogP contribution in [0.25, 0.3) is 0 Å². The van der Waals surface area contributed by atoms with Crippen LogP contribution in [-0.2, 0) is 0 Å². The van der Waals surface area contributed by atoms with E-state index in [1.807, 2.05) is 0 Å². The molecule has 1 nitrogen and oxygen atoms in total. The van der Waals surface area contributed by atoms with Crippen LogP contribution in [0.4, 0.5) is 0 Å². The van der Waals surface area contributed by atoms with Crippen molar-refractivity contribution in [2.24, 2.45) is 0 Å². The Labute approximate surface area is 119 Å². The first-order valence-corrected chi connectivity index (χ1v) is 6.47. The minimum atomic E-state index is 0. The van der Waals surface area contributed by atoms with E-state index in [2.05, 4.69) is 26.8 Å². The number of rotatable bonds is 4. The van der Waals surface area contributed by atoms with Crippen LogP contribution in [0.1, 0.15) is 52.4 Å². The van der Waals surface area contributed by atoms with Gasteiger partial charge in [0.1, 0.15) is 6.04 Å². The van der Waals surface area contributed by atoms with Gasteiger partial charge in [0.15, 0.2) is 0 Å². The van der Waals surface area contributed by atoms with Crippen molar-refractivity contribution < 1.29 is 28.5 Å². The highest BCUT2D eigenvalue weighted by atomic mass is 127. The SMILES string of the molecule is C#CCC1CCCC[N+]1(C)C(CC)CC.[I-]. The molecule has 2 unspecified atom stereocenters. The van der Waals surface area contributed by atoms with E-state index >= 15 is 0 Å². The summed E-state index contributed by atoms with van der Waals surface area (Å²) in [6, 6.07) is 1.53. The molecule has 1 rings (SSSR count). The molecule has 0 bridgehead atoms. The monoisotopic (exact) mass is 335 g/mol. The molecule has 0 saturated carbocycles. The zero-order valence-electron chi connectivity index (χ0n) is 11.0. The molecule has 1 aliphatic rings. The lowest BCUT2D eigenvalue weighted by Crippen LogP contribution is -3.00. The average molecular weight is 335 g/mol. The highest BCUT2D eigenvalue weighted by molar-refractivity contribution is 4.89. The first kappa shape index (κ1) is 16.2. The Morgan fingerprint density at radius 3 is 2.44 bits per heavy atom. The van der Waals surface area contributed by atoms with E-state index in [4.69, 9.17) is 6.42 Å². The molecular weight excluding hydrogens is 309 g/mol. The second kappa shape index (κ2) is 7.55. The van der Waals surface area contributed by atoms with Gasteiger partial charge < -0.3 is 28.5 Å². The summed E-state index contributed by atoms with van der Waals surface area (Å²) >= 11 is 0. The van der Waals surface area contributed by atoms with Crippen LogP contribution in [0, 0.1) is 12.3 Å². The fourth-order valence-corrected chi connectivity index (χ4v) is 3.36.